The number of imide groups is 1. The number of fused-ring (bicyclic) bond motifs is 1. The lowest BCUT2D eigenvalue weighted by Gasteiger charge is -2.36. The van der Waals surface area contributed by atoms with Crippen LogP contribution in [0.2, 0.25) is 0 Å². The molecule has 2 aliphatic rings. The van der Waals surface area contributed by atoms with E-state index in [4.69, 9.17) is 0 Å². The molecular formula is C21H29N5O2. The zero-order valence-electron chi connectivity index (χ0n) is 16.8. The Hall–Kier alpha value is -2.41. The average molecular weight is 383 g/mol. The van der Waals surface area contributed by atoms with Crippen LogP contribution in [0.3, 0.4) is 0 Å². The summed E-state index contributed by atoms with van der Waals surface area (Å²) in [7, 11) is 1.92. The molecule has 1 N–H and O–H groups in total. The van der Waals surface area contributed by atoms with Crippen molar-refractivity contribution in [2.45, 2.75) is 38.5 Å². The maximum atomic E-state index is 12.3. The molecule has 0 radical (unpaired) electrons. The summed E-state index contributed by atoms with van der Waals surface area (Å²) in [5, 5.41) is 8.08. The van der Waals surface area contributed by atoms with Gasteiger partial charge in [0, 0.05) is 50.7 Å². The van der Waals surface area contributed by atoms with Gasteiger partial charge in [-0.15, -0.1) is 0 Å². The van der Waals surface area contributed by atoms with Gasteiger partial charge in [0.25, 0.3) is 0 Å². The number of rotatable bonds is 5. The van der Waals surface area contributed by atoms with Crippen LogP contribution in [0.1, 0.15) is 44.2 Å². The Labute approximate surface area is 165 Å². The van der Waals surface area contributed by atoms with Gasteiger partial charge in [-0.25, -0.2) is 0 Å². The Kier molecular flexibility index (Phi) is 5.35. The fraction of sp³-hybridized carbons (Fsp3) is 0.571. The molecule has 2 amide bonds. The summed E-state index contributed by atoms with van der Waals surface area (Å²) in [6.45, 7) is 7.71. The lowest BCUT2D eigenvalue weighted by molar-refractivity contribution is -0.134. The maximum absolute atomic E-state index is 12.3. The van der Waals surface area contributed by atoms with Crippen molar-refractivity contribution in [3.63, 3.8) is 0 Å². The average Bonchev–Trinajstić information content (AvgIpc) is 3.03. The molecule has 2 aromatic rings. The summed E-state index contributed by atoms with van der Waals surface area (Å²) < 4.78 is 1.86. The first kappa shape index (κ1) is 18.9. The molecular weight excluding hydrogens is 354 g/mol. The lowest BCUT2D eigenvalue weighted by Crippen LogP contribution is -2.46. The number of piperazine rings is 1. The molecule has 1 unspecified atom stereocenters. The normalized spacial score (nSPS) is 21.4. The zero-order valence-corrected chi connectivity index (χ0v) is 16.8. The molecule has 7 heteroatoms. The zero-order chi connectivity index (χ0) is 19.7. The molecule has 1 aromatic carbocycles. The number of anilines is 1. The van der Waals surface area contributed by atoms with Crippen molar-refractivity contribution in [3.05, 3.63) is 23.9 Å². The van der Waals surface area contributed by atoms with Crippen LogP contribution in [0.5, 0.6) is 0 Å². The fourth-order valence-corrected chi connectivity index (χ4v) is 4.29. The first-order valence-corrected chi connectivity index (χ1v) is 10.3. The van der Waals surface area contributed by atoms with Gasteiger partial charge in [0.1, 0.15) is 0 Å². The quantitative estimate of drug-likeness (QED) is 0.800. The Morgan fingerprint density at radius 1 is 1.18 bits per heavy atom. The Morgan fingerprint density at radius 3 is 2.68 bits per heavy atom. The third-order valence-electron chi connectivity index (χ3n) is 6.00. The molecule has 2 saturated heterocycles. The van der Waals surface area contributed by atoms with Crippen molar-refractivity contribution in [2.24, 2.45) is 7.05 Å². The van der Waals surface area contributed by atoms with Gasteiger partial charge in [0.2, 0.25) is 11.8 Å². The summed E-state index contributed by atoms with van der Waals surface area (Å²) >= 11 is 0. The second-order valence-electron chi connectivity index (χ2n) is 7.90. The summed E-state index contributed by atoms with van der Waals surface area (Å²) in [5.41, 5.74) is 3.02. The number of carbonyl (C=O) groups excluding carboxylic acids is 2. The molecule has 0 bridgehead atoms. The van der Waals surface area contributed by atoms with E-state index >= 15 is 0 Å². The van der Waals surface area contributed by atoms with Crippen LogP contribution in [-0.4, -0.2) is 59.2 Å². The van der Waals surface area contributed by atoms with Crippen molar-refractivity contribution in [1.82, 2.24) is 20.0 Å². The van der Waals surface area contributed by atoms with Crippen LogP contribution in [0.25, 0.3) is 10.9 Å². The molecule has 28 heavy (non-hydrogen) atoms. The van der Waals surface area contributed by atoms with E-state index in [1.807, 2.05) is 11.7 Å². The van der Waals surface area contributed by atoms with Crippen molar-refractivity contribution in [3.8, 4) is 0 Å². The van der Waals surface area contributed by atoms with Crippen LogP contribution in [0.4, 0.5) is 5.69 Å². The summed E-state index contributed by atoms with van der Waals surface area (Å²) in [5.74, 6) is -0.778. The SMILES string of the molecule is CCCCN1CCN(c2ccc3c(C4CCC(=O)NC4=O)nn(C)c3c2)CC1. The van der Waals surface area contributed by atoms with E-state index in [0.29, 0.717) is 12.8 Å². The predicted octanol–water partition coefficient (Wildman–Crippen LogP) is 2.02. The minimum absolute atomic E-state index is 0.193. The molecule has 0 aliphatic carbocycles. The van der Waals surface area contributed by atoms with E-state index in [0.717, 1.165) is 42.8 Å². The standard InChI is InChI=1S/C21H29N5O2/c1-3-4-9-25-10-12-26(13-11-25)15-5-6-16-18(14-15)24(2)23-20(16)17-7-8-19(27)22-21(17)28/h5-6,14,17H,3-4,7-13H2,1-2H3,(H,22,27,28). The van der Waals surface area contributed by atoms with Crippen molar-refractivity contribution < 1.29 is 9.59 Å². The van der Waals surface area contributed by atoms with Crippen molar-refractivity contribution >= 4 is 28.4 Å². The number of amides is 2. The number of unbranched alkanes of at least 4 members (excludes halogenated alkanes) is 1. The van der Waals surface area contributed by atoms with Gasteiger partial charge in [0.15, 0.2) is 0 Å². The number of carbonyl (C=O) groups is 2. The third-order valence-corrected chi connectivity index (χ3v) is 6.00. The molecule has 3 heterocycles. The smallest absolute Gasteiger partial charge is 0.235 e. The van der Waals surface area contributed by atoms with Gasteiger partial charge in [-0.2, -0.15) is 5.10 Å². The van der Waals surface area contributed by atoms with Crippen molar-refractivity contribution in [2.75, 3.05) is 37.6 Å². The lowest BCUT2D eigenvalue weighted by atomic mass is 9.93. The summed E-state index contributed by atoms with van der Waals surface area (Å²) in [6, 6.07) is 6.40. The topological polar surface area (TPSA) is 70.5 Å². The van der Waals surface area contributed by atoms with E-state index in [1.54, 1.807) is 0 Å². The summed E-state index contributed by atoms with van der Waals surface area (Å²) in [4.78, 5) is 28.7. The second-order valence-corrected chi connectivity index (χ2v) is 7.90. The van der Waals surface area contributed by atoms with Crippen LogP contribution in [0, 0.1) is 0 Å². The molecule has 0 spiro atoms. The van der Waals surface area contributed by atoms with Gasteiger partial charge >= 0.3 is 0 Å². The molecule has 0 saturated carbocycles. The van der Waals surface area contributed by atoms with E-state index in [9.17, 15) is 9.59 Å². The second kappa shape index (κ2) is 7.91. The molecule has 150 valence electrons. The predicted molar refractivity (Wildman–Crippen MR) is 109 cm³/mol. The highest BCUT2D eigenvalue weighted by Crippen LogP contribution is 2.32. The number of nitrogens with zero attached hydrogens (tertiary/aromatic N) is 4. The minimum atomic E-state index is -0.352. The Balaban J connectivity index is 1.53. The van der Waals surface area contributed by atoms with Crippen LogP contribution in [0.15, 0.2) is 18.2 Å². The maximum Gasteiger partial charge on any atom is 0.235 e. The van der Waals surface area contributed by atoms with Gasteiger partial charge < -0.3 is 4.90 Å². The fourth-order valence-electron chi connectivity index (χ4n) is 4.29. The first-order valence-electron chi connectivity index (χ1n) is 10.3. The highest BCUT2D eigenvalue weighted by Gasteiger charge is 2.31. The van der Waals surface area contributed by atoms with Gasteiger partial charge in [0.05, 0.1) is 17.1 Å². The van der Waals surface area contributed by atoms with E-state index in [-0.39, 0.29) is 17.7 Å². The van der Waals surface area contributed by atoms with Crippen LogP contribution < -0.4 is 10.2 Å². The number of hydrogen-bond acceptors (Lipinski definition) is 5. The van der Waals surface area contributed by atoms with Crippen LogP contribution >= 0.6 is 0 Å². The number of hydrogen-bond donors (Lipinski definition) is 1. The number of benzene rings is 1. The Bertz CT molecular complexity index is 882. The molecule has 2 fully saturated rings. The van der Waals surface area contributed by atoms with E-state index < -0.39 is 0 Å². The number of aromatic nitrogens is 2. The number of piperidine rings is 1. The molecule has 2 aliphatic heterocycles. The van der Waals surface area contributed by atoms with Crippen molar-refractivity contribution in [1.29, 1.82) is 0 Å². The van der Waals surface area contributed by atoms with E-state index in [2.05, 4.69) is 45.3 Å². The third kappa shape index (κ3) is 3.63. The molecule has 1 aromatic heterocycles. The van der Waals surface area contributed by atoms with E-state index in [1.165, 1.54) is 25.1 Å². The largest absolute Gasteiger partial charge is 0.369 e. The highest BCUT2D eigenvalue weighted by molar-refractivity contribution is 6.02. The first-order chi connectivity index (χ1) is 13.6. The van der Waals surface area contributed by atoms with Gasteiger partial charge in [-0.1, -0.05) is 13.3 Å². The highest BCUT2D eigenvalue weighted by atomic mass is 16.2. The van der Waals surface area contributed by atoms with Gasteiger partial charge in [-0.05, 0) is 37.6 Å². The van der Waals surface area contributed by atoms with Crippen LogP contribution in [-0.2, 0) is 16.6 Å². The molecule has 4 rings (SSSR count). The Morgan fingerprint density at radius 2 is 1.96 bits per heavy atom. The van der Waals surface area contributed by atoms with Gasteiger partial charge in [-0.3, -0.25) is 24.5 Å². The molecule has 1 atom stereocenters. The summed E-state index contributed by atoms with van der Waals surface area (Å²) in [6.07, 6.45) is 3.41. The monoisotopic (exact) mass is 383 g/mol. The number of aryl methyl sites for hydroxylation is 1. The minimum Gasteiger partial charge on any atom is -0.369 e. The molecule has 7 nitrogen and oxygen atoms in total. The number of nitrogens with one attached hydrogen (secondary N) is 1.